The number of carbonyl (C=O) groups is 1. The van der Waals surface area contributed by atoms with Crippen LogP contribution in [0.15, 0.2) is 18.5 Å². The molecular weight excluding hydrogens is 272 g/mol. The molecule has 2 aromatic heterocycles. The fourth-order valence-electron chi connectivity index (χ4n) is 2.04. The molecule has 0 spiro atoms. The molecule has 2 aromatic rings. The summed E-state index contributed by atoms with van der Waals surface area (Å²) in [6, 6.07) is 2.02. The van der Waals surface area contributed by atoms with Gasteiger partial charge in [0.15, 0.2) is 5.69 Å². The van der Waals surface area contributed by atoms with Crippen LogP contribution in [0.3, 0.4) is 0 Å². The fraction of sp³-hybridized carbons (Fsp3) is 0.429. The number of carbonyl (C=O) groups excluding carboxylic acids is 1. The number of esters is 1. The second-order valence-corrected chi connectivity index (χ2v) is 4.65. The number of nitrogens with zero attached hydrogens (tertiary/aromatic N) is 4. The van der Waals surface area contributed by atoms with Gasteiger partial charge in [-0.3, -0.25) is 4.98 Å². The SMILES string of the molecule is COCCc1c(C(=O)OC)nnn1Cc1cncc(C)c1. The van der Waals surface area contributed by atoms with Crippen molar-refractivity contribution in [2.75, 3.05) is 20.8 Å². The first-order chi connectivity index (χ1) is 10.2. The lowest BCUT2D eigenvalue weighted by Crippen LogP contribution is -2.12. The zero-order valence-electron chi connectivity index (χ0n) is 12.4. The number of pyridine rings is 1. The highest BCUT2D eigenvalue weighted by molar-refractivity contribution is 5.88. The van der Waals surface area contributed by atoms with E-state index in [1.807, 2.05) is 13.0 Å². The van der Waals surface area contributed by atoms with Crippen LogP contribution in [-0.4, -0.2) is 46.8 Å². The molecule has 2 rings (SSSR count). The van der Waals surface area contributed by atoms with Crippen LogP contribution in [0.25, 0.3) is 0 Å². The first kappa shape index (κ1) is 15.1. The summed E-state index contributed by atoms with van der Waals surface area (Å²) in [5, 5.41) is 7.97. The zero-order chi connectivity index (χ0) is 15.2. The van der Waals surface area contributed by atoms with Gasteiger partial charge in [0, 0.05) is 25.9 Å². The van der Waals surface area contributed by atoms with E-state index in [0.717, 1.165) is 11.1 Å². The summed E-state index contributed by atoms with van der Waals surface area (Å²) < 4.78 is 11.5. The number of hydrogen-bond donors (Lipinski definition) is 0. The van der Waals surface area contributed by atoms with Crippen molar-refractivity contribution >= 4 is 5.97 Å². The lowest BCUT2D eigenvalue weighted by Gasteiger charge is -2.07. The molecule has 0 aliphatic carbocycles. The molecule has 21 heavy (non-hydrogen) atoms. The Bertz CT molecular complexity index is 624. The summed E-state index contributed by atoms with van der Waals surface area (Å²) in [5.74, 6) is -0.491. The fourth-order valence-corrected chi connectivity index (χ4v) is 2.04. The molecule has 7 heteroatoms. The van der Waals surface area contributed by atoms with E-state index in [1.54, 1.807) is 24.2 Å². The molecule has 0 aliphatic rings. The Morgan fingerprint density at radius 1 is 1.33 bits per heavy atom. The number of ether oxygens (including phenoxy) is 2. The van der Waals surface area contributed by atoms with Crippen LogP contribution in [-0.2, 0) is 22.4 Å². The quantitative estimate of drug-likeness (QED) is 0.739. The third-order valence-corrected chi connectivity index (χ3v) is 3.02. The minimum atomic E-state index is -0.491. The van der Waals surface area contributed by atoms with Gasteiger partial charge in [0.25, 0.3) is 0 Å². The Kier molecular flexibility index (Phi) is 4.99. The molecule has 0 atom stereocenters. The van der Waals surface area contributed by atoms with Gasteiger partial charge in [-0.1, -0.05) is 11.3 Å². The lowest BCUT2D eigenvalue weighted by atomic mass is 10.2. The summed E-state index contributed by atoms with van der Waals surface area (Å²) >= 11 is 0. The van der Waals surface area contributed by atoms with E-state index in [1.165, 1.54) is 7.11 Å². The molecule has 0 saturated heterocycles. The number of methoxy groups -OCH3 is 2. The Balaban J connectivity index is 2.29. The molecule has 0 aliphatic heterocycles. The third-order valence-electron chi connectivity index (χ3n) is 3.02. The van der Waals surface area contributed by atoms with Gasteiger partial charge in [-0.2, -0.15) is 0 Å². The van der Waals surface area contributed by atoms with Gasteiger partial charge in [-0.05, 0) is 18.1 Å². The van der Waals surface area contributed by atoms with Crippen molar-refractivity contribution in [2.45, 2.75) is 19.9 Å². The van der Waals surface area contributed by atoms with Crippen LogP contribution in [0, 0.1) is 6.92 Å². The van der Waals surface area contributed by atoms with Crippen molar-refractivity contribution in [1.29, 1.82) is 0 Å². The minimum Gasteiger partial charge on any atom is -0.464 e. The number of aromatic nitrogens is 4. The van der Waals surface area contributed by atoms with E-state index in [2.05, 4.69) is 15.3 Å². The van der Waals surface area contributed by atoms with Crippen LogP contribution >= 0.6 is 0 Å². The summed E-state index contributed by atoms with van der Waals surface area (Å²) in [6.45, 7) is 2.95. The molecule has 0 N–H and O–H groups in total. The molecule has 0 unspecified atom stereocenters. The second kappa shape index (κ2) is 6.94. The molecular formula is C14H18N4O3. The monoisotopic (exact) mass is 290 g/mol. The average molecular weight is 290 g/mol. The molecule has 0 bridgehead atoms. The Hall–Kier alpha value is -2.28. The van der Waals surface area contributed by atoms with Gasteiger partial charge in [-0.15, -0.1) is 5.10 Å². The van der Waals surface area contributed by atoms with Gasteiger partial charge in [0.05, 0.1) is 26.0 Å². The maximum Gasteiger partial charge on any atom is 0.360 e. The van der Waals surface area contributed by atoms with E-state index in [-0.39, 0.29) is 5.69 Å². The van der Waals surface area contributed by atoms with Gasteiger partial charge in [0.2, 0.25) is 0 Å². The minimum absolute atomic E-state index is 0.232. The number of rotatable bonds is 6. The van der Waals surface area contributed by atoms with E-state index in [9.17, 15) is 4.79 Å². The first-order valence-corrected chi connectivity index (χ1v) is 6.56. The molecule has 0 fully saturated rings. The second-order valence-electron chi connectivity index (χ2n) is 4.65. The van der Waals surface area contributed by atoms with Gasteiger partial charge < -0.3 is 9.47 Å². The molecule has 0 radical (unpaired) electrons. The maximum absolute atomic E-state index is 11.7. The van der Waals surface area contributed by atoms with Crippen LogP contribution in [0.1, 0.15) is 27.3 Å². The highest BCUT2D eigenvalue weighted by atomic mass is 16.5. The number of aryl methyl sites for hydroxylation is 1. The first-order valence-electron chi connectivity index (χ1n) is 6.56. The standard InChI is InChI=1S/C14H18N4O3/c1-10-6-11(8-15-7-10)9-18-12(4-5-20-2)13(16-17-18)14(19)21-3/h6-8H,4-5,9H2,1-3H3. The molecule has 0 aromatic carbocycles. The summed E-state index contributed by atoms with van der Waals surface area (Å²) in [5.41, 5.74) is 2.99. The Morgan fingerprint density at radius 2 is 2.14 bits per heavy atom. The van der Waals surface area contributed by atoms with E-state index in [4.69, 9.17) is 9.47 Å². The van der Waals surface area contributed by atoms with Crippen LogP contribution in [0.5, 0.6) is 0 Å². The third kappa shape index (κ3) is 3.63. The van der Waals surface area contributed by atoms with Crippen molar-refractivity contribution in [3.63, 3.8) is 0 Å². The van der Waals surface area contributed by atoms with E-state index >= 15 is 0 Å². The van der Waals surface area contributed by atoms with Crippen molar-refractivity contribution in [1.82, 2.24) is 20.0 Å². The van der Waals surface area contributed by atoms with Crippen LogP contribution in [0.2, 0.25) is 0 Å². The van der Waals surface area contributed by atoms with E-state index in [0.29, 0.717) is 25.3 Å². The van der Waals surface area contributed by atoms with Crippen molar-refractivity contribution in [3.05, 3.63) is 41.0 Å². The highest BCUT2D eigenvalue weighted by Crippen LogP contribution is 2.11. The van der Waals surface area contributed by atoms with Gasteiger partial charge in [-0.25, -0.2) is 9.48 Å². The molecule has 2 heterocycles. The van der Waals surface area contributed by atoms with Crippen LogP contribution < -0.4 is 0 Å². The Labute approximate surface area is 122 Å². The predicted molar refractivity (Wildman–Crippen MR) is 75.0 cm³/mol. The normalized spacial score (nSPS) is 10.6. The van der Waals surface area contributed by atoms with Crippen molar-refractivity contribution in [3.8, 4) is 0 Å². The average Bonchev–Trinajstić information content (AvgIpc) is 2.87. The highest BCUT2D eigenvalue weighted by Gasteiger charge is 2.20. The molecule has 0 saturated carbocycles. The predicted octanol–water partition coefficient (Wildman–Crippen LogP) is 1.01. The number of hydrogen-bond acceptors (Lipinski definition) is 6. The molecule has 7 nitrogen and oxygen atoms in total. The summed E-state index contributed by atoms with van der Waals surface area (Å²) in [6.07, 6.45) is 4.09. The largest absolute Gasteiger partial charge is 0.464 e. The topological polar surface area (TPSA) is 79.1 Å². The van der Waals surface area contributed by atoms with Gasteiger partial charge in [0.1, 0.15) is 0 Å². The van der Waals surface area contributed by atoms with Gasteiger partial charge >= 0.3 is 5.97 Å². The van der Waals surface area contributed by atoms with Crippen molar-refractivity contribution < 1.29 is 14.3 Å². The summed E-state index contributed by atoms with van der Waals surface area (Å²) in [7, 11) is 2.93. The van der Waals surface area contributed by atoms with Crippen molar-refractivity contribution in [2.24, 2.45) is 0 Å². The molecule has 0 amide bonds. The lowest BCUT2D eigenvalue weighted by molar-refractivity contribution is 0.0592. The zero-order valence-corrected chi connectivity index (χ0v) is 12.4. The van der Waals surface area contributed by atoms with E-state index < -0.39 is 5.97 Å². The molecule has 112 valence electrons. The maximum atomic E-state index is 11.7. The smallest absolute Gasteiger partial charge is 0.360 e. The van der Waals surface area contributed by atoms with Crippen LogP contribution in [0.4, 0.5) is 0 Å². The summed E-state index contributed by atoms with van der Waals surface area (Å²) in [4.78, 5) is 15.9. The Morgan fingerprint density at radius 3 is 2.81 bits per heavy atom.